The number of carbonyl (C=O) groups is 1. The third-order valence-corrected chi connectivity index (χ3v) is 4.34. The van der Waals surface area contributed by atoms with E-state index in [9.17, 15) is 13.2 Å². The van der Waals surface area contributed by atoms with Gasteiger partial charge in [-0.3, -0.25) is 4.90 Å². The number of hydrogen-bond acceptors (Lipinski definition) is 5. The summed E-state index contributed by atoms with van der Waals surface area (Å²) in [5.74, 6) is -0.118. The minimum Gasteiger partial charge on any atom is -0.443 e. The van der Waals surface area contributed by atoms with Crippen LogP contribution in [0.25, 0.3) is 0 Å². The third kappa shape index (κ3) is 4.42. The van der Waals surface area contributed by atoms with Gasteiger partial charge >= 0.3 is 6.09 Å². The van der Waals surface area contributed by atoms with Crippen LogP contribution in [0.3, 0.4) is 0 Å². The van der Waals surface area contributed by atoms with E-state index in [0.29, 0.717) is 6.54 Å². The highest BCUT2D eigenvalue weighted by molar-refractivity contribution is 7.89. The van der Waals surface area contributed by atoms with Gasteiger partial charge in [0.1, 0.15) is 6.10 Å². The fourth-order valence-corrected chi connectivity index (χ4v) is 2.90. The smallest absolute Gasteiger partial charge is 0.414 e. The van der Waals surface area contributed by atoms with Crippen LogP contribution in [0.1, 0.15) is 0 Å². The minimum absolute atomic E-state index is 0.0567. The van der Waals surface area contributed by atoms with E-state index in [0.717, 1.165) is 5.69 Å². The Kier molecular flexibility index (Phi) is 5.16. The van der Waals surface area contributed by atoms with Gasteiger partial charge in [-0.2, -0.15) is 0 Å². The summed E-state index contributed by atoms with van der Waals surface area (Å²) in [6.07, 6.45) is -0.975. The monoisotopic (exact) mass is 314 g/mol. The molecule has 116 valence electrons. The second kappa shape index (κ2) is 6.88. The molecule has 0 aromatic heterocycles. The lowest BCUT2D eigenvalue weighted by Gasteiger charge is -2.12. The van der Waals surface area contributed by atoms with Gasteiger partial charge in [0.25, 0.3) is 0 Å². The Balaban J connectivity index is 1.89. The van der Waals surface area contributed by atoms with Crippen molar-refractivity contribution in [3.05, 3.63) is 30.3 Å². The summed E-state index contributed by atoms with van der Waals surface area (Å²) in [6, 6.07) is 9.10. The normalized spacial score (nSPS) is 18.8. The zero-order valence-electron chi connectivity index (χ0n) is 11.7. The molecule has 1 aliphatic heterocycles. The summed E-state index contributed by atoms with van der Waals surface area (Å²) < 4.78 is 35.6. The molecule has 0 bridgehead atoms. The first-order valence-corrected chi connectivity index (χ1v) is 8.16. The summed E-state index contributed by atoms with van der Waals surface area (Å²) in [5, 5.41) is 0. The van der Waals surface area contributed by atoms with Crippen LogP contribution in [0.5, 0.6) is 0 Å². The summed E-state index contributed by atoms with van der Waals surface area (Å²) in [7, 11) is -1.98. The molecular formula is C13H18N2O5S. The van der Waals surface area contributed by atoms with Crippen LogP contribution in [-0.4, -0.2) is 53.2 Å². The number of cyclic esters (lactones) is 1. The molecule has 1 atom stereocenters. The van der Waals surface area contributed by atoms with Crippen LogP contribution in [0.15, 0.2) is 30.3 Å². The Hall–Kier alpha value is -1.64. The van der Waals surface area contributed by atoms with Crippen molar-refractivity contribution in [1.82, 2.24) is 4.72 Å². The molecule has 2 rings (SSSR count). The standard InChI is InChI=1S/C13H18N2O5S/c1-19-7-8-21(17,18)14-9-12-10-15(13(16)20-12)11-5-3-2-4-6-11/h2-6,12,14H,7-10H2,1H3. The van der Waals surface area contributed by atoms with Crippen molar-refractivity contribution in [1.29, 1.82) is 0 Å². The average molecular weight is 314 g/mol. The number of carbonyl (C=O) groups excluding carboxylic acids is 1. The number of benzene rings is 1. The summed E-state index contributed by atoms with van der Waals surface area (Å²) >= 11 is 0. The Morgan fingerprint density at radius 1 is 1.38 bits per heavy atom. The summed E-state index contributed by atoms with van der Waals surface area (Å²) in [5.41, 5.74) is 0.729. The number of rotatable bonds is 7. The fraction of sp³-hybridized carbons (Fsp3) is 0.462. The SMILES string of the molecule is COCCS(=O)(=O)NCC1CN(c2ccccc2)C(=O)O1. The fourth-order valence-electron chi connectivity index (χ4n) is 1.93. The molecule has 21 heavy (non-hydrogen) atoms. The van der Waals surface area contributed by atoms with Crippen molar-refractivity contribution < 1.29 is 22.7 Å². The van der Waals surface area contributed by atoms with E-state index in [1.807, 2.05) is 18.2 Å². The zero-order chi connectivity index (χ0) is 15.3. The minimum atomic E-state index is -3.42. The first-order valence-electron chi connectivity index (χ1n) is 6.51. The molecule has 1 N–H and O–H groups in total. The maximum absolute atomic E-state index is 11.8. The topological polar surface area (TPSA) is 84.9 Å². The molecule has 7 nitrogen and oxygen atoms in total. The van der Waals surface area contributed by atoms with Crippen molar-refractivity contribution in [3.8, 4) is 0 Å². The molecule has 0 radical (unpaired) electrons. The largest absolute Gasteiger partial charge is 0.443 e. The van der Waals surface area contributed by atoms with Crippen molar-refractivity contribution >= 4 is 21.8 Å². The Bertz CT molecular complexity index is 575. The lowest BCUT2D eigenvalue weighted by atomic mass is 10.3. The van der Waals surface area contributed by atoms with Crippen LogP contribution in [0.2, 0.25) is 0 Å². The third-order valence-electron chi connectivity index (χ3n) is 3.03. The van der Waals surface area contributed by atoms with Crippen molar-refractivity contribution in [2.45, 2.75) is 6.10 Å². The molecular weight excluding hydrogens is 296 g/mol. The predicted molar refractivity (Wildman–Crippen MR) is 77.7 cm³/mol. The summed E-state index contributed by atoms with van der Waals surface area (Å²) in [4.78, 5) is 13.3. The van der Waals surface area contributed by atoms with Crippen LogP contribution >= 0.6 is 0 Å². The molecule has 1 saturated heterocycles. The Morgan fingerprint density at radius 2 is 2.10 bits per heavy atom. The molecule has 1 amide bonds. The molecule has 8 heteroatoms. The van der Waals surface area contributed by atoms with E-state index in [1.165, 1.54) is 12.0 Å². The number of ether oxygens (including phenoxy) is 2. The number of sulfonamides is 1. The molecule has 1 aromatic carbocycles. The number of anilines is 1. The van der Waals surface area contributed by atoms with Crippen molar-refractivity contribution in [3.63, 3.8) is 0 Å². The second-order valence-electron chi connectivity index (χ2n) is 4.61. The maximum atomic E-state index is 11.8. The van der Waals surface area contributed by atoms with Gasteiger partial charge in [0.05, 0.1) is 18.9 Å². The van der Waals surface area contributed by atoms with Crippen LogP contribution in [0, 0.1) is 0 Å². The lowest BCUT2D eigenvalue weighted by Crippen LogP contribution is -2.36. The van der Waals surface area contributed by atoms with Gasteiger partial charge in [0, 0.05) is 19.3 Å². The predicted octanol–water partition coefficient (Wildman–Crippen LogP) is 0.578. The number of hydrogen-bond donors (Lipinski definition) is 1. The van der Waals surface area contributed by atoms with E-state index in [1.54, 1.807) is 12.1 Å². The van der Waals surface area contributed by atoms with Crippen molar-refractivity contribution in [2.24, 2.45) is 0 Å². The van der Waals surface area contributed by atoms with Gasteiger partial charge in [0.15, 0.2) is 0 Å². The van der Waals surface area contributed by atoms with Gasteiger partial charge in [-0.25, -0.2) is 17.9 Å². The average Bonchev–Trinajstić information content (AvgIpc) is 2.85. The first kappa shape index (κ1) is 15.7. The number of nitrogens with zero attached hydrogens (tertiary/aromatic N) is 1. The Labute approximate surface area is 123 Å². The van der Waals surface area contributed by atoms with Gasteiger partial charge in [0.2, 0.25) is 10.0 Å². The quantitative estimate of drug-likeness (QED) is 0.795. The molecule has 0 saturated carbocycles. The molecule has 1 unspecified atom stereocenters. The van der Waals surface area contributed by atoms with E-state index in [2.05, 4.69) is 4.72 Å². The van der Waals surface area contributed by atoms with E-state index in [4.69, 9.17) is 9.47 Å². The van der Waals surface area contributed by atoms with Crippen LogP contribution in [0.4, 0.5) is 10.5 Å². The molecule has 1 aliphatic rings. The highest BCUT2D eigenvalue weighted by atomic mass is 32.2. The molecule has 1 aromatic rings. The summed E-state index contributed by atoms with van der Waals surface area (Å²) in [6.45, 7) is 0.493. The number of para-hydroxylation sites is 1. The Morgan fingerprint density at radius 3 is 2.76 bits per heavy atom. The van der Waals surface area contributed by atoms with Crippen molar-refractivity contribution in [2.75, 3.05) is 37.5 Å². The van der Waals surface area contributed by atoms with Crippen LogP contribution in [-0.2, 0) is 19.5 Å². The molecule has 0 spiro atoms. The maximum Gasteiger partial charge on any atom is 0.414 e. The van der Waals surface area contributed by atoms with Gasteiger partial charge in [-0.05, 0) is 12.1 Å². The molecule has 0 aliphatic carbocycles. The zero-order valence-corrected chi connectivity index (χ0v) is 12.5. The second-order valence-corrected chi connectivity index (χ2v) is 6.54. The molecule has 1 heterocycles. The number of methoxy groups -OCH3 is 1. The number of amides is 1. The molecule has 1 fully saturated rings. The van der Waals surface area contributed by atoms with Gasteiger partial charge in [-0.15, -0.1) is 0 Å². The highest BCUT2D eigenvalue weighted by Crippen LogP contribution is 2.20. The lowest BCUT2D eigenvalue weighted by molar-refractivity contribution is 0.143. The van der Waals surface area contributed by atoms with Crippen LogP contribution < -0.4 is 9.62 Å². The van der Waals surface area contributed by atoms with E-state index < -0.39 is 22.2 Å². The van der Waals surface area contributed by atoms with E-state index in [-0.39, 0.29) is 18.9 Å². The highest BCUT2D eigenvalue weighted by Gasteiger charge is 2.32. The first-order chi connectivity index (χ1) is 10.0. The number of nitrogens with one attached hydrogen (secondary N) is 1. The van der Waals surface area contributed by atoms with Gasteiger partial charge < -0.3 is 9.47 Å². The van der Waals surface area contributed by atoms with E-state index >= 15 is 0 Å². The van der Waals surface area contributed by atoms with Gasteiger partial charge in [-0.1, -0.05) is 18.2 Å².